The van der Waals surface area contributed by atoms with Crippen LogP contribution in [0.3, 0.4) is 0 Å². The Morgan fingerprint density at radius 2 is 1.58 bits per heavy atom. The lowest BCUT2D eigenvalue weighted by atomic mass is 10.2. The molecule has 0 atom stereocenters. The Hall–Kier alpha value is -0.580. The van der Waals surface area contributed by atoms with Crippen molar-refractivity contribution in [3.63, 3.8) is 0 Å². The van der Waals surface area contributed by atoms with Gasteiger partial charge in [-0.1, -0.05) is 0 Å². The van der Waals surface area contributed by atoms with E-state index in [1.54, 1.807) is 48.5 Å². The predicted molar refractivity (Wildman–Crippen MR) is 74.1 cm³/mol. The van der Waals surface area contributed by atoms with Crippen LogP contribution in [0.15, 0.2) is 0 Å². The molecule has 114 valence electrons. The van der Waals surface area contributed by atoms with Crippen molar-refractivity contribution in [3.8, 4) is 0 Å². The smallest absolute Gasteiger partial charge is 0.440 e. The number of carbonyl (C=O) groups is 1. The minimum atomic E-state index is -3.67. The maximum Gasteiger partial charge on any atom is 0.440 e. The molecule has 0 saturated heterocycles. The molecule has 0 spiro atoms. The molecular weight excluding hydrogens is 269 g/mol. The standard InChI is InChI=1S/C12H26NO5P/c1-8-16-19(15,17-9-2)13(10(3)4)11(14)18-12(5,6)7/h10H,8-9H2,1-7H3. The molecule has 0 aromatic rings. The van der Waals surface area contributed by atoms with E-state index in [-0.39, 0.29) is 19.3 Å². The summed E-state index contributed by atoms with van der Waals surface area (Å²) in [5.74, 6) is 0. The number of carbonyl (C=O) groups excluding carboxylic acids is 1. The van der Waals surface area contributed by atoms with Crippen LogP contribution in [0.5, 0.6) is 0 Å². The summed E-state index contributed by atoms with van der Waals surface area (Å²) in [6.45, 7) is 12.5. The fourth-order valence-electron chi connectivity index (χ4n) is 1.39. The van der Waals surface area contributed by atoms with Crippen LogP contribution in [0.4, 0.5) is 4.79 Å². The van der Waals surface area contributed by atoms with Crippen molar-refractivity contribution in [3.05, 3.63) is 0 Å². The van der Waals surface area contributed by atoms with Gasteiger partial charge in [0.05, 0.1) is 13.2 Å². The second-order valence-electron chi connectivity index (χ2n) is 5.22. The highest BCUT2D eigenvalue weighted by Gasteiger charge is 2.41. The van der Waals surface area contributed by atoms with E-state index in [2.05, 4.69) is 0 Å². The number of hydrogen-bond acceptors (Lipinski definition) is 5. The quantitative estimate of drug-likeness (QED) is 0.697. The fraction of sp³-hybridized carbons (Fsp3) is 0.917. The van der Waals surface area contributed by atoms with Crippen LogP contribution in [0.25, 0.3) is 0 Å². The largest absolute Gasteiger partial charge is 0.443 e. The van der Waals surface area contributed by atoms with E-state index in [4.69, 9.17) is 13.8 Å². The molecule has 0 aromatic carbocycles. The van der Waals surface area contributed by atoms with Gasteiger partial charge in [0.1, 0.15) is 5.60 Å². The summed E-state index contributed by atoms with van der Waals surface area (Å²) in [6, 6.07) is -0.362. The third-order valence-electron chi connectivity index (χ3n) is 1.92. The second kappa shape index (κ2) is 7.27. The molecule has 19 heavy (non-hydrogen) atoms. The van der Waals surface area contributed by atoms with Gasteiger partial charge in [0.15, 0.2) is 0 Å². The SMILES string of the molecule is CCOP(=O)(OCC)N(C(=O)OC(C)(C)C)C(C)C. The molecule has 0 N–H and O–H groups in total. The zero-order valence-electron chi connectivity index (χ0n) is 12.9. The Bertz CT molecular complexity index is 328. The Labute approximate surface area is 116 Å². The number of ether oxygens (including phenoxy) is 1. The topological polar surface area (TPSA) is 65.1 Å². The molecule has 0 unspecified atom stereocenters. The first-order chi connectivity index (χ1) is 8.57. The average Bonchev–Trinajstić information content (AvgIpc) is 2.13. The Balaban J connectivity index is 5.27. The van der Waals surface area contributed by atoms with Gasteiger partial charge in [-0.05, 0) is 48.5 Å². The third kappa shape index (κ3) is 5.93. The fourth-order valence-corrected chi connectivity index (χ4v) is 3.17. The summed E-state index contributed by atoms with van der Waals surface area (Å²) in [5.41, 5.74) is -0.673. The van der Waals surface area contributed by atoms with E-state index in [9.17, 15) is 9.36 Å². The monoisotopic (exact) mass is 295 g/mol. The van der Waals surface area contributed by atoms with Crippen molar-refractivity contribution in [1.29, 1.82) is 0 Å². The Kier molecular flexibility index (Phi) is 7.05. The summed E-state index contributed by atoms with van der Waals surface area (Å²) < 4.78 is 29.3. The number of nitrogens with zero attached hydrogens (tertiary/aromatic N) is 1. The predicted octanol–water partition coefficient (Wildman–Crippen LogP) is 3.81. The average molecular weight is 295 g/mol. The molecule has 0 heterocycles. The molecule has 1 amide bonds. The summed E-state index contributed by atoms with van der Waals surface area (Å²) >= 11 is 0. The zero-order chi connectivity index (χ0) is 15.3. The van der Waals surface area contributed by atoms with Crippen molar-refractivity contribution in [1.82, 2.24) is 4.67 Å². The Morgan fingerprint density at radius 1 is 1.16 bits per heavy atom. The maximum atomic E-state index is 12.7. The minimum absolute atomic E-state index is 0.184. The van der Waals surface area contributed by atoms with Gasteiger partial charge in [-0.15, -0.1) is 0 Å². The molecule has 0 aliphatic heterocycles. The second-order valence-corrected chi connectivity index (χ2v) is 7.11. The first kappa shape index (κ1) is 18.4. The van der Waals surface area contributed by atoms with Crippen molar-refractivity contribution in [2.45, 2.75) is 60.1 Å². The van der Waals surface area contributed by atoms with Crippen LogP contribution >= 0.6 is 7.75 Å². The lowest BCUT2D eigenvalue weighted by molar-refractivity contribution is 0.0274. The van der Waals surface area contributed by atoms with Gasteiger partial charge in [-0.3, -0.25) is 9.05 Å². The number of rotatable bonds is 6. The van der Waals surface area contributed by atoms with Crippen LogP contribution in [0, 0.1) is 0 Å². The summed E-state index contributed by atoms with van der Waals surface area (Å²) in [7, 11) is -3.67. The van der Waals surface area contributed by atoms with E-state index in [1.165, 1.54) is 0 Å². The van der Waals surface area contributed by atoms with E-state index < -0.39 is 19.4 Å². The summed E-state index contributed by atoms with van der Waals surface area (Å²) in [4.78, 5) is 12.2. The van der Waals surface area contributed by atoms with Gasteiger partial charge < -0.3 is 4.74 Å². The van der Waals surface area contributed by atoms with E-state index in [0.29, 0.717) is 0 Å². The van der Waals surface area contributed by atoms with E-state index in [1.807, 2.05) is 0 Å². The van der Waals surface area contributed by atoms with Crippen LogP contribution in [0.1, 0.15) is 48.5 Å². The van der Waals surface area contributed by atoms with E-state index >= 15 is 0 Å². The summed E-state index contributed by atoms with van der Waals surface area (Å²) in [5, 5.41) is 0. The first-order valence-corrected chi connectivity index (χ1v) is 7.98. The van der Waals surface area contributed by atoms with E-state index in [0.717, 1.165) is 4.67 Å². The molecule has 0 bridgehead atoms. The van der Waals surface area contributed by atoms with Crippen molar-refractivity contribution in [2.75, 3.05) is 13.2 Å². The van der Waals surface area contributed by atoms with Crippen molar-refractivity contribution in [2.24, 2.45) is 0 Å². The molecular formula is C12H26NO5P. The van der Waals surface area contributed by atoms with Crippen LogP contribution in [0.2, 0.25) is 0 Å². The minimum Gasteiger partial charge on any atom is -0.443 e. The Morgan fingerprint density at radius 3 is 1.84 bits per heavy atom. The lowest BCUT2D eigenvalue weighted by Gasteiger charge is -2.33. The highest BCUT2D eigenvalue weighted by Crippen LogP contribution is 2.53. The van der Waals surface area contributed by atoms with Crippen LogP contribution in [-0.4, -0.2) is 35.6 Å². The highest BCUT2D eigenvalue weighted by atomic mass is 31.2. The first-order valence-electron chi connectivity index (χ1n) is 6.49. The number of hydrogen-bond donors (Lipinski definition) is 0. The molecule has 0 radical (unpaired) electrons. The molecule has 0 rings (SSSR count). The molecule has 0 aliphatic rings. The lowest BCUT2D eigenvalue weighted by Crippen LogP contribution is -2.39. The van der Waals surface area contributed by atoms with Gasteiger partial charge in [0.25, 0.3) is 0 Å². The molecule has 0 aliphatic carbocycles. The molecule has 0 fully saturated rings. The number of amides is 1. The van der Waals surface area contributed by atoms with Gasteiger partial charge >= 0.3 is 13.8 Å². The molecule has 7 heteroatoms. The highest BCUT2D eigenvalue weighted by molar-refractivity contribution is 7.52. The zero-order valence-corrected chi connectivity index (χ0v) is 13.8. The van der Waals surface area contributed by atoms with Gasteiger partial charge in [0, 0.05) is 6.04 Å². The van der Waals surface area contributed by atoms with Crippen molar-refractivity contribution >= 4 is 13.8 Å². The van der Waals surface area contributed by atoms with Gasteiger partial charge in [0.2, 0.25) is 0 Å². The van der Waals surface area contributed by atoms with Crippen LogP contribution in [-0.2, 0) is 18.3 Å². The molecule has 6 nitrogen and oxygen atoms in total. The van der Waals surface area contributed by atoms with Gasteiger partial charge in [-0.25, -0.2) is 14.0 Å². The molecule has 0 aromatic heterocycles. The van der Waals surface area contributed by atoms with Gasteiger partial charge in [-0.2, -0.15) is 0 Å². The van der Waals surface area contributed by atoms with Crippen molar-refractivity contribution < 1.29 is 23.1 Å². The normalized spacial score (nSPS) is 12.6. The summed E-state index contributed by atoms with van der Waals surface area (Å²) in [6.07, 6.45) is -0.701. The third-order valence-corrected chi connectivity index (χ3v) is 4.24. The van der Waals surface area contributed by atoms with Crippen LogP contribution < -0.4 is 0 Å². The molecule has 0 saturated carbocycles. The maximum absolute atomic E-state index is 12.7.